The van der Waals surface area contributed by atoms with Crippen LogP contribution in [0, 0.1) is 6.92 Å². The van der Waals surface area contributed by atoms with Crippen LogP contribution in [0.25, 0.3) is 0 Å². The average molecular weight is 359 g/mol. The maximum absolute atomic E-state index is 10.3. The molecule has 3 rings (SSSR count). The van der Waals surface area contributed by atoms with Gasteiger partial charge >= 0.3 is 0 Å². The van der Waals surface area contributed by atoms with Gasteiger partial charge in [-0.15, -0.1) is 6.58 Å². The number of aliphatic hydroxyl groups is 1. The number of rotatable bonds is 10. The topological polar surface area (TPSA) is 64.3 Å². The van der Waals surface area contributed by atoms with Crippen molar-refractivity contribution >= 4 is 0 Å². The zero-order chi connectivity index (χ0) is 18.4. The van der Waals surface area contributed by atoms with E-state index >= 15 is 0 Å². The summed E-state index contributed by atoms with van der Waals surface area (Å²) in [6.45, 7) is 8.19. The Morgan fingerprint density at radius 1 is 1.23 bits per heavy atom. The molecule has 0 bridgehead atoms. The van der Waals surface area contributed by atoms with Crippen LogP contribution in [0.3, 0.4) is 0 Å². The smallest absolute Gasteiger partial charge is 0.231 e. The number of ether oxygens (including phenoxy) is 3. The molecule has 0 saturated heterocycles. The molecule has 26 heavy (non-hydrogen) atoms. The van der Waals surface area contributed by atoms with E-state index in [9.17, 15) is 5.11 Å². The molecule has 0 aliphatic carbocycles. The van der Waals surface area contributed by atoms with Gasteiger partial charge in [-0.3, -0.25) is 4.90 Å². The van der Waals surface area contributed by atoms with Crippen molar-refractivity contribution in [2.45, 2.75) is 26.1 Å². The molecule has 0 spiro atoms. The van der Waals surface area contributed by atoms with Gasteiger partial charge in [-0.1, -0.05) is 12.1 Å². The van der Waals surface area contributed by atoms with E-state index in [0.717, 1.165) is 28.6 Å². The maximum Gasteiger partial charge on any atom is 0.231 e. The maximum atomic E-state index is 10.3. The third kappa shape index (κ3) is 5.11. The van der Waals surface area contributed by atoms with Crippen molar-refractivity contribution in [3.63, 3.8) is 0 Å². The van der Waals surface area contributed by atoms with Crippen LogP contribution in [-0.4, -0.2) is 42.7 Å². The fourth-order valence-electron chi connectivity index (χ4n) is 2.91. The first-order valence-electron chi connectivity index (χ1n) is 8.67. The molecule has 1 aromatic carbocycles. The van der Waals surface area contributed by atoms with Gasteiger partial charge < -0.3 is 23.7 Å². The predicted molar refractivity (Wildman–Crippen MR) is 97.1 cm³/mol. The molecule has 0 unspecified atom stereocenters. The van der Waals surface area contributed by atoms with Gasteiger partial charge in [0.15, 0.2) is 11.5 Å². The Balaban J connectivity index is 1.66. The largest absolute Gasteiger partial charge is 0.465 e. The Labute approximate surface area is 153 Å². The fraction of sp³-hybridized carbons (Fsp3) is 0.400. The minimum absolute atomic E-state index is 0.257. The molecule has 6 heteroatoms. The van der Waals surface area contributed by atoms with Gasteiger partial charge in [0.2, 0.25) is 6.79 Å². The van der Waals surface area contributed by atoms with E-state index in [1.807, 2.05) is 37.3 Å². The Bertz CT molecular complexity index is 727. The van der Waals surface area contributed by atoms with Gasteiger partial charge in [0.1, 0.15) is 11.5 Å². The van der Waals surface area contributed by atoms with Gasteiger partial charge in [-0.25, -0.2) is 0 Å². The summed E-state index contributed by atoms with van der Waals surface area (Å²) < 4.78 is 21.9. The molecular formula is C20H25NO5. The quantitative estimate of drug-likeness (QED) is 0.520. The zero-order valence-electron chi connectivity index (χ0n) is 15.0. The number of aryl methyl sites for hydroxylation is 1. The van der Waals surface area contributed by atoms with Crippen molar-refractivity contribution in [3.05, 3.63) is 60.1 Å². The highest BCUT2D eigenvalue weighted by Gasteiger charge is 2.18. The molecular weight excluding hydrogens is 334 g/mol. The summed E-state index contributed by atoms with van der Waals surface area (Å²) >= 11 is 0. The van der Waals surface area contributed by atoms with Crippen molar-refractivity contribution < 1.29 is 23.7 Å². The van der Waals surface area contributed by atoms with Crippen LogP contribution >= 0.6 is 0 Å². The minimum atomic E-state index is -0.597. The van der Waals surface area contributed by atoms with Crippen LogP contribution in [0.15, 0.2) is 47.4 Å². The summed E-state index contributed by atoms with van der Waals surface area (Å²) in [5.74, 6) is 3.26. The van der Waals surface area contributed by atoms with Crippen molar-refractivity contribution in [1.29, 1.82) is 0 Å². The molecule has 0 amide bonds. The lowest BCUT2D eigenvalue weighted by atomic mass is 10.1. The number of nitrogens with zero attached hydrogens (tertiary/aromatic N) is 1. The lowest BCUT2D eigenvalue weighted by Crippen LogP contribution is -2.34. The summed E-state index contributed by atoms with van der Waals surface area (Å²) in [4.78, 5) is 2.12. The Hall–Kier alpha value is -2.28. The molecule has 1 aliphatic heterocycles. The molecule has 0 fully saturated rings. The van der Waals surface area contributed by atoms with Crippen LogP contribution in [0.2, 0.25) is 0 Å². The normalized spacial score (nSPS) is 14.0. The number of hydrogen-bond donors (Lipinski definition) is 1. The van der Waals surface area contributed by atoms with Gasteiger partial charge in [-0.2, -0.15) is 0 Å². The molecule has 0 saturated carbocycles. The second-order valence-electron chi connectivity index (χ2n) is 6.35. The molecule has 140 valence electrons. The lowest BCUT2D eigenvalue weighted by molar-refractivity contribution is 0.0215. The van der Waals surface area contributed by atoms with Crippen LogP contribution in [0.5, 0.6) is 11.5 Å². The monoisotopic (exact) mass is 359 g/mol. The average Bonchev–Trinajstić information content (AvgIpc) is 3.23. The van der Waals surface area contributed by atoms with Gasteiger partial charge in [0, 0.05) is 13.1 Å². The first-order chi connectivity index (χ1) is 12.6. The van der Waals surface area contributed by atoms with E-state index in [-0.39, 0.29) is 13.4 Å². The third-order valence-corrected chi connectivity index (χ3v) is 4.03. The third-order valence-electron chi connectivity index (χ3n) is 4.03. The molecule has 1 aromatic heterocycles. The first-order valence-corrected chi connectivity index (χ1v) is 8.67. The number of furan rings is 1. The Morgan fingerprint density at radius 3 is 2.85 bits per heavy atom. The SMILES string of the molecule is C=CCOC[C@H](O)CN(Cc1ccc2c(c1)OCO2)Cc1ccc(C)o1. The molecule has 0 radical (unpaired) electrons. The summed E-state index contributed by atoms with van der Waals surface area (Å²) in [6.07, 6.45) is 1.07. The van der Waals surface area contributed by atoms with Crippen molar-refractivity contribution in [2.24, 2.45) is 0 Å². The van der Waals surface area contributed by atoms with Gasteiger partial charge in [0.05, 0.1) is 25.9 Å². The van der Waals surface area contributed by atoms with E-state index in [4.69, 9.17) is 18.6 Å². The molecule has 1 N–H and O–H groups in total. The highest BCUT2D eigenvalue weighted by atomic mass is 16.7. The van der Waals surface area contributed by atoms with Gasteiger partial charge in [0.25, 0.3) is 0 Å². The van der Waals surface area contributed by atoms with E-state index in [1.165, 1.54) is 0 Å². The molecule has 1 atom stereocenters. The summed E-state index contributed by atoms with van der Waals surface area (Å²) in [5.41, 5.74) is 1.08. The van der Waals surface area contributed by atoms with E-state index in [0.29, 0.717) is 26.2 Å². The summed E-state index contributed by atoms with van der Waals surface area (Å²) in [6, 6.07) is 9.80. The Morgan fingerprint density at radius 2 is 2.08 bits per heavy atom. The van der Waals surface area contributed by atoms with E-state index < -0.39 is 6.10 Å². The predicted octanol–water partition coefficient (Wildman–Crippen LogP) is 2.88. The van der Waals surface area contributed by atoms with E-state index in [2.05, 4.69) is 11.5 Å². The molecule has 2 aromatic rings. The zero-order valence-corrected chi connectivity index (χ0v) is 15.0. The summed E-state index contributed by atoms with van der Waals surface area (Å²) in [7, 11) is 0. The van der Waals surface area contributed by atoms with E-state index in [1.54, 1.807) is 6.08 Å². The Kier molecular flexibility index (Phi) is 6.33. The number of hydrogen-bond acceptors (Lipinski definition) is 6. The molecule has 1 aliphatic rings. The molecule has 2 heterocycles. The number of aliphatic hydroxyl groups excluding tert-OH is 1. The van der Waals surface area contributed by atoms with Crippen LogP contribution in [-0.2, 0) is 17.8 Å². The van der Waals surface area contributed by atoms with Crippen LogP contribution < -0.4 is 9.47 Å². The van der Waals surface area contributed by atoms with Crippen molar-refractivity contribution in [1.82, 2.24) is 4.90 Å². The second kappa shape index (κ2) is 8.89. The highest BCUT2D eigenvalue weighted by Crippen LogP contribution is 2.33. The van der Waals surface area contributed by atoms with Crippen molar-refractivity contribution in [3.8, 4) is 11.5 Å². The van der Waals surface area contributed by atoms with Gasteiger partial charge in [-0.05, 0) is 36.8 Å². The first kappa shape index (κ1) is 18.5. The number of fused-ring (bicyclic) bond motifs is 1. The standard InChI is InChI=1S/C20H25NO5/c1-3-8-23-13-17(22)11-21(12-18-6-4-15(2)26-18)10-16-5-7-19-20(9-16)25-14-24-19/h3-7,9,17,22H,1,8,10-14H2,2H3/t17-/m1/s1. The number of benzene rings is 1. The van der Waals surface area contributed by atoms with Crippen LogP contribution in [0.1, 0.15) is 17.1 Å². The minimum Gasteiger partial charge on any atom is -0.465 e. The fourth-order valence-corrected chi connectivity index (χ4v) is 2.91. The summed E-state index contributed by atoms with van der Waals surface area (Å²) in [5, 5.41) is 10.3. The van der Waals surface area contributed by atoms with Crippen LogP contribution in [0.4, 0.5) is 0 Å². The lowest BCUT2D eigenvalue weighted by Gasteiger charge is -2.24. The molecule has 6 nitrogen and oxygen atoms in total. The second-order valence-corrected chi connectivity index (χ2v) is 6.35. The van der Waals surface area contributed by atoms with Crippen molar-refractivity contribution in [2.75, 3.05) is 26.6 Å². The highest BCUT2D eigenvalue weighted by molar-refractivity contribution is 5.44.